The number of carboxylic acids is 1. The Morgan fingerprint density at radius 2 is 1.92 bits per heavy atom. The van der Waals surface area contributed by atoms with Gasteiger partial charge in [0.2, 0.25) is 5.88 Å². The fourth-order valence-electron chi connectivity index (χ4n) is 7.23. The second-order valence-electron chi connectivity index (χ2n) is 11.2. The summed E-state index contributed by atoms with van der Waals surface area (Å²) in [6.45, 7) is 0.641. The van der Waals surface area contributed by atoms with Gasteiger partial charge in [0.1, 0.15) is 11.9 Å². The maximum atomic E-state index is 12.6. The minimum Gasteiger partial charge on any atom is -0.480 e. The Hall–Kier alpha value is -3.12. The van der Waals surface area contributed by atoms with Gasteiger partial charge in [-0.1, -0.05) is 41.9 Å². The summed E-state index contributed by atoms with van der Waals surface area (Å²) in [5, 5.41) is 14.3. The molecular formula is C31H34ClN3O3. The van der Waals surface area contributed by atoms with E-state index in [4.69, 9.17) is 16.3 Å². The van der Waals surface area contributed by atoms with E-state index in [1.807, 2.05) is 12.1 Å². The Kier molecular flexibility index (Phi) is 6.77. The fourth-order valence-corrected chi connectivity index (χ4v) is 7.42. The van der Waals surface area contributed by atoms with Gasteiger partial charge in [0, 0.05) is 16.3 Å². The van der Waals surface area contributed by atoms with Crippen molar-refractivity contribution in [2.24, 2.45) is 5.92 Å². The average molecular weight is 532 g/mol. The standard InChI is InChI=1S/C31H34ClN3O3/c32-23-8-3-9-24(19-23)35-31(29(36)37)15-13-30(14-16-31)22(18-21-6-1-2-11-26(21)30)7-5-17-38-28-25-10-4-12-27(25)33-20-34-28/h1-3,6,8-9,11,19-20,22,35H,4-5,7,10,12-18H2,(H,36,37). The summed E-state index contributed by atoms with van der Waals surface area (Å²) in [5.74, 6) is 0.437. The van der Waals surface area contributed by atoms with E-state index in [2.05, 4.69) is 39.6 Å². The van der Waals surface area contributed by atoms with Crippen molar-refractivity contribution in [3.63, 3.8) is 0 Å². The van der Waals surface area contributed by atoms with Crippen LogP contribution < -0.4 is 10.1 Å². The van der Waals surface area contributed by atoms with Crippen molar-refractivity contribution in [1.29, 1.82) is 0 Å². The summed E-state index contributed by atoms with van der Waals surface area (Å²) in [5.41, 5.74) is 4.92. The SMILES string of the molecule is O=C(O)C1(Nc2cccc(Cl)c2)CCC2(CC1)c1ccccc1CC2CCCOc1ncnc2c1CCC2. The molecule has 0 amide bonds. The largest absolute Gasteiger partial charge is 0.480 e. The molecular weight excluding hydrogens is 498 g/mol. The van der Waals surface area contributed by atoms with E-state index in [0.717, 1.165) is 68.6 Å². The lowest BCUT2D eigenvalue weighted by molar-refractivity contribution is -0.144. The van der Waals surface area contributed by atoms with Gasteiger partial charge < -0.3 is 15.2 Å². The minimum atomic E-state index is -0.992. The van der Waals surface area contributed by atoms with Crippen molar-refractivity contribution >= 4 is 23.3 Å². The molecule has 1 aromatic heterocycles. The second-order valence-corrected chi connectivity index (χ2v) is 11.6. The van der Waals surface area contributed by atoms with Crippen LogP contribution >= 0.6 is 11.6 Å². The normalized spacial score (nSPS) is 25.7. The average Bonchev–Trinajstić information content (AvgIpc) is 3.52. The van der Waals surface area contributed by atoms with Gasteiger partial charge in [-0.15, -0.1) is 0 Å². The molecule has 0 saturated heterocycles. The van der Waals surface area contributed by atoms with E-state index in [-0.39, 0.29) is 5.41 Å². The number of fused-ring (bicyclic) bond motifs is 3. The molecule has 198 valence electrons. The number of carbonyl (C=O) groups is 1. The van der Waals surface area contributed by atoms with Crippen molar-refractivity contribution in [1.82, 2.24) is 9.97 Å². The number of nitrogens with one attached hydrogen (secondary N) is 1. The zero-order valence-corrected chi connectivity index (χ0v) is 22.3. The zero-order chi connectivity index (χ0) is 26.2. The van der Waals surface area contributed by atoms with Crippen molar-refractivity contribution in [3.05, 3.63) is 82.3 Å². The van der Waals surface area contributed by atoms with Gasteiger partial charge in [0.05, 0.1) is 12.3 Å². The first kappa shape index (κ1) is 25.2. The van der Waals surface area contributed by atoms with Crippen LogP contribution in [0.3, 0.4) is 0 Å². The lowest BCUT2D eigenvalue weighted by Gasteiger charge is -2.47. The van der Waals surface area contributed by atoms with Crippen molar-refractivity contribution in [2.45, 2.75) is 75.2 Å². The van der Waals surface area contributed by atoms with E-state index in [1.165, 1.54) is 16.7 Å². The number of aliphatic carboxylic acids is 1. The van der Waals surface area contributed by atoms with Crippen LogP contribution in [0, 0.1) is 5.92 Å². The molecule has 1 unspecified atom stereocenters. The Bertz CT molecular complexity index is 1340. The molecule has 1 fully saturated rings. The summed E-state index contributed by atoms with van der Waals surface area (Å²) in [7, 11) is 0. The second kappa shape index (κ2) is 10.2. The smallest absolute Gasteiger partial charge is 0.329 e. The third-order valence-corrected chi connectivity index (χ3v) is 9.42. The summed E-state index contributed by atoms with van der Waals surface area (Å²) in [4.78, 5) is 21.4. The number of aryl methyl sites for hydroxylation is 1. The summed E-state index contributed by atoms with van der Waals surface area (Å²) in [6, 6.07) is 16.1. The molecule has 3 aromatic rings. The number of halogens is 1. The third kappa shape index (κ3) is 4.53. The topological polar surface area (TPSA) is 84.3 Å². The number of carboxylic acid groups (broad SMARTS) is 1. The fraction of sp³-hybridized carbons (Fsp3) is 0.452. The first-order valence-corrected chi connectivity index (χ1v) is 14.2. The molecule has 6 rings (SSSR count). The van der Waals surface area contributed by atoms with Gasteiger partial charge in [-0.3, -0.25) is 0 Å². The van der Waals surface area contributed by atoms with Gasteiger partial charge >= 0.3 is 5.97 Å². The number of rotatable bonds is 8. The predicted molar refractivity (Wildman–Crippen MR) is 148 cm³/mol. The zero-order valence-electron chi connectivity index (χ0n) is 21.6. The Morgan fingerprint density at radius 1 is 1.08 bits per heavy atom. The van der Waals surface area contributed by atoms with Crippen LogP contribution in [0.1, 0.15) is 67.3 Å². The lowest BCUT2D eigenvalue weighted by atomic mass is 9.60. The van der Waals surface area contributed by atoms with E-state index < -0.39 is 11.5 Å². The molecule has 0 bridgehead atoms. The molecule has 38 heavy (non-hydrogen) atoms. The first-order chi connectivity index (χ1) is 18.5. The molecule has 3 aliphatic carbocycles. The number of hydrogen-bond acceptors (Lipinski definition) is 5. The van der Waals surface area contributed by atoms with Gasteiger partial charge in [-0.25, -0.2) is 14.8 Å². The van der Waals surface area contributed by atoms with Crippen LogP contribution in [-0.2, 0) is 29.5 Å². The molecule has 3 aliphatic rings. The summed E-state index contributed by atoms with van der Waals surface area (Å²) >= 11 is 6.18. The maximum absolute atomic E-state index is 12.6. The molecule has 1 heterocycles. The van der Waals surface area contributed by atoms with Gasteiger partial charge in [0.15, 0.2) is 0 Å². The van der Waals surface area contributed by atoms with Crippen molar-refractivity contribution < 1.29 is 14.6 Å². The number of aromatic nitrogens is 2. The van der Waals surface area contributed by atoms with Crippen molar-refractivity contribution in [3.8, 4) is 5.88 Å². The quantitative estimate of drug-likeness (QED) is 0.327. The molecule has 1 spiro atoms. The van der Waals surface area contributed by atoms with Gasteiger partial charge in [-0.2, -0.15) is 0 Å². The number of anilines is 1. The van der Waals surface area contributed by atoms with Crippen LogP contribution in [0.2, 0.25) is 5.02 Å². The third-order valence-electron chi connectivity index (χ3n) is 9.19. The highest BCUT2D eigenvalue weighted by molar-refractivity contribution is 6.30. The van der Waals surface area contributed by atoms with Crippen molar-refractivity contribution in [2.75, 3.05) is 11.9 Å². The molecule has 2 aromatic carbocycles. The van der Waals surface area contributed by atoms with Crippen LogP contribution in [0.25, 0.3) is 0 Å². The summed E-state index contributed by atoms with van der Waals surface area (Å²) < 4.78 is 6.15. The molecule has 1 saturated carbocycles. The number of ether oxygens (including phenoxy) is 1. The highest BCUT2D eigenvalue weighted by Gasteiger charge is 2.53. The molecule has 7 heteroatoms. The van der Waals surface area contributed by atoms with Crippen LogP contribution in [0.15, 0.2) is 54.9 Å². The monoisotopic (exact) mass is 531 g/mol. The Labute approximate surface area is 228 Å². The van der Waals surface area contributed by atoms with E-state index >= 15 is 0 Å². The maximum Gasteiger partial charge on any atom is 0.329 e. The van der Waals surface area contributed by atoms with E-state index in [0.29, 0.717) is 30.4 Å². The molecule has 2 N–H and O–H groups in total. The Balaban J connectivity index is 1.17. The van der Waals surface area contributed by atoms with E-state index in [1.54, 1.807) is 18.5 Å². The molecule has 0 aliphatic heterocycles. The van der Waals surface area contributed by atoms with Gasteiger partial charge in [0.25, 0.3) is 0 Å². The van der Waals surface area contributed by atoms with E-state index in [9.17, 15) is 9.90 Å². The highest BCUT2D eigenvalue weighted by atomic mass is 35.5. The number of nitrogens with zero attached hydrogens (tertiary/aromatic N) is 2. The first-order valence-electron chi connectivity index (χ1n) is 13.8. The molecule has 0 radical (unpaired) electrons. The number of benzene rings is 2. The Morgan fingerprint density at radius 3 is 2.74 bits per heavy atom. The van der Waals surface area contributed by atoms with Crippen LogP contribution in [-0.4, -0.2) is 33.2 Å². The molecule has 1 atom stereocenters. The highest BCUT2D eigenvalue weighted by Crippen LogP contribution is 2.55. The molecule has 6 nitrogen and oxygen atoms in total. The van der Waals surface area contributed by atoms with Gasteiger partial charge in [-0.05, 0) is 105 Å². The van der Waals surface area contributed by atoms with Crippen LogP contribution in [0.4, 0.5) is 5.69 Å². The minimum absolute atomic E-state index is 0.00171. The predicted octanol–water partition coefficient (Wildman–Crippen LogP) is 6.40. The van der Waals surface area contributed by atoms with Crippen LogP contribution in [0.5, 0.6) is 5.88 Å². The number of hydrogen-bond donors (Lipinski definition) is 2. The lowest BCUT2D eigenvalue weighted by Crippen LogP contribution is -2.53. The summed E-state index contributed by atoms with van der Waals surface area (Å²) in [6.07, 6.45) is 10.6.